The molecule has 0 radical (unpaired) electrons. The fraction of sp³-hybridized carbons (Fsp3) is 0.429. The fourth-order valence-electron chi connectivity index (χ4n) is 2.56. The molecule has 1 amide bonds. The van der Waals surface area contributed by atoms with Crippen molar-refractivity contribution in [1.29, 1.82) is 0 Å². The molecule has 2 aromatic rings. The highest BCUT2D eigenvalue weighted by molar-refractivity contribution is 6.42. The number of hydrogen-bond donors (Lipinski definition) is 1. The first-order valence-corrected chi connectivity index (χ1v) is 7.76. The molecule has 1 heterocycles. The van der Waals surface area contributed by atoms with Crippen LogP contribution in [0.2, 0.25) is 10.0 Å². The summed E-state index contributed by atoms with van der Waals surface area (Å²) in [5.41, 5.74) is 6.37. The monoisotopic (exact) mass is 347 g/mol. The maximum atomic E-state index is 11.4. The molecule has 21 heavy (non-hydrogen) atoms. The molecule has 0 spiro atoms. The van der Waals surface area contributed by atoms with E-state index in [2.05, 4.69) is 4.98 Å². The molecule has 0 unspecified atom stereocenters. The quantitative estimate of drug-likeness (QED) is 0.837. The molecule has 0 bridgehead atoms. The van der Waals surface area contributed by atoms with Crippen LogP contribution in [0.25, 0.3) is 11.0 Å². The molecule has 114 valence electrons. The number of halogens is 3. The molecule has 0 saturated carbocycles. The van der Waals surface area contributed by atoms with E-state index in [9.17, 15) is 4.79 Å². The van der Waals surface area contributed by atoms with Crippen LogP contribution in [0.3, 0.4) is 0 Å². The van der Waals surface area contributed by atoms with Crippen LogP contribution >= 0.6 is 34.8 Å². The Bertz CT molecular complexity index is 694. The largest absolute Gasteiger partial charge is 0.370 e. The summed E-state index contributed by atoms with van der Waals surface area (Å²) in [4.78, 5) is 15.9. The van der Waals surface area contributed by atoms with Crippen molar-refractivity contribution in [3.05, 3.63) is 28.0 Å². The zero-order valence-corrected chi connectivity index (χ0v) is 14.1. The van der Waals surface area contributed by atoms with Crippen molar-refractivity contribution in [2.75, 3.05) is 5.88 Å². The standard InChI is InChI=1S/C14H16Cl3N3O/c1-14(2,7-12(18)21)20-11-6-9(17)8(16)5-10(11)19-13(20)3-4-15/h5-6H,3-4,7H2,1-2H3,(H2,18,21). The minimum Gasteiger partial charge on any atom is -0.370 e. The van der Waals surface area contributed by atoms with Crippen molar-refractivity contribution in [1.82, 2.24) is 9.55 Å². The van der Waals surface area contributed by atoms with Crippen molar-refractivity contribution in [3.63, 3.8) is 0 Å². The number of alkyl halides is 1. The van der Waals surface area contributed by atoms with Gasteiger partial charge in [-0.25, -0.2) is 4.98 Å². The van der Waals surface area contributed by atoms with Crippen molar-refractivity contribution in [2.24, 2.45) is 5.73 Å². The van der Waals surface area contributed by atoms with Crippen LogP contribution in [0.1, 0.15) is 26.1 Å². The minimum atomic E-state index is -0.529. The Labute approximate surface area is 138 Å². The maximum absolute atomic E-state index is 11.4. The van der Waals surface area contributed by atoms with Gasteiger partial charge in [0.15, 0.2) is 0 Å². The first-order valence-electron chi connectivity index (χ1n) is 6.47. The highest BCUT2D eigenvalue weighted by Gasteiger charge is 2.28. The summed E-state index contributed by atoms with van der Waals surface area (Å²) in [5, 5.41) is 0.886. The highest BCUT2D eigenvalue weighted by Crippen LogP contribution is 2.33. The van der Waals surface area contributed by atoms with Crippen LogP contribution < -0.4 is 5.73 Å². The number of nitrogens with two attached hydrogens (primary N) is 1. The van der Waals surface area contributed by atoms with Gasteiger partial charge in [0, 0.05) is 24.3 Å². The van der Waals surface area contributed by atoms with E-state index in [1.165, 1.54) is 0 Å². The first kappa shape index (κ1) is 16.4. The third-order valence-corrected chi connectivity index (χ3v) is 4.21. The normalized spacial score (nSPS) is 12.0. The average molecular weight is 349 g/mol. The van der Waals surface area contributed by atoms with E-state index in [1.54, 1.807) is 12.1 Å². The second kappa shape index (κ2) is 6.03. The lowest BCUT2D eigenvalue weighted by molar-refractivity contribution is -0.119. The Morgan fingerprint density at radius 2 is 1.95 bits per heavy atom. The van der Waals surface area contributed by atoms with Crippen LogP contribution in [-0.4, -0.2) is 21.3 Å². The van der Waals surface area contributed by atoms with E-state index in [0.717, 1.165) is 16.9 Å². The lowest BCUT2D eigenvalue weighted by atomic mass is 9.99. The average Bonchev–Trinajstić information content (AvgIpc) is 2.66. The highest BCUT2D eigenvalue weighted by atomic mass is 35.5. The van der Waals surface area contributed by atoms with Crippen molar-refractivity contribution in [2.45, 2.75) is 32.2 Å². The molecule has 0 aliphatic carbocycles. The van der Waals surface area contributed by atoms with Gasteiger partial charge in [-0.3, -0.25) is 4.79 Å². The Morgan fingerprint density at radius 1 is 1.33 bits per heavy atom. The second-order valence-corrected chi connectivity index (χ2v) is 6.71. The summed E-state index contributed by atoms with van der Waals surface area (Å²) in [6, 6.07) is 3.47. The Morgan fingerprint density at radius 3 is 2.52 bits per heavy atom. The van der Waals surface area contributed by atoms with Gasteiger partial charge in [-0.2, -0.15) is 0 Å². The molecule has 0 atom stereocenters. The van der Waals surface area contributed by atoms with Crippen molar-refractivity contribution >= 4 is 51.7 Å². The van der Waals surface area contributed by atoms with E-state index >= 15 is 0 Å². The number of carbonyl (C=O) groups is 1. The van der Waals surface area contributed by atoms with Crippen molar-refractivity contribution in [3.8, 4) is 0 Å². The predicted octanol–water partition coefficient (Wildman–Crippen LogP) is 3.73. The molecule has 7 heteroatoms. The molecule has 1 aromatic heterocycles. The van der Waals surface area contributed by atoms with Gasteiger partial charge in [-0.15, -0.1) is 11.6 Å². The number of aromatic nitrogens is 2. The SMILES string of the molecule is CC(C)(CC(N)=O)n1c(CCCl)nc2cc(Cl)c(Cl)cc21. The van der Waals surface area contributed by atoms with E-state index < -0.39 is 5.54 Å². The third-order valence-electron chi connectivity index (χ3n) is 3.30. The third kappa shape index (κ3) is 3.28. The van der Waals surface area contributed by atoms with Crippen LogP contribution in [0.5, 0.6) is 0 Å². The number of imidazole rings is 1. The molecular weight excluding hydrogens is 333 g/mol. The number of aryl methyl sites for hydroxylation is 1. The lowest BCUT2D eigenvalue weighted by Gasteiger charge is -2.28. The Hall–Kier alpha value is -0.970. The number of hydrogen-bond acceptors (Lipinski definition) is 2. The fourth-order valence-corrected chi connectivity index (χ4v) is 3.04. The molecule has 0 aliphatic heterocycles. The number of benzene rings is 1. The molecule has 0 saturated heterocycles. The van der Waals surface area contributed by atoms with Gasteiger partial charge in [-0.05, 0) is 26.0 Å². The van der Waals surface area contributed by atoms with Crippen LogP contribution in [0.15, 0.2) is 12.1 Å². The number of rotatable bonds is 5. The molecule has 0 fully saturated rings. The van der Waals surface area contributed by atoms with Crippen LogP contribution in [0, 0.1) is 0 Å². The van der Waals surface area contributed by atoms with Gasteiger partial charge >= 0.3 is 0 Å². The summed E-state index contributed by atoms with van der Waals surface area (Å²) in [6.07, 6.45) is 0.766. The number of fused-ring (bicyclic) bond motifs is 1. The van der Waals surface area contributed by atoms with Gasteiger partial charge in [-0.1, -0.05) is 23.2 Å². The van der Waals surface area contributed by atoms with Gasteiger partial charge in [0.1, 0.15) is 5.82 Å². The lowest BCUT2D eigenvalue weighted by Crippen LogP contribution is -2.33. The van der Waals surface area contributed by atoms with Gasteiger partial charge in [0.25, 0.3) is 0 Å². The number of primary amides is 1. The summed E-state index contributed by atoms with van der Waals surface area (Å²) in [6.45, 7) is 3.86. The molecule has 4 nitrogen and oxygen atoms in total. The minimum absolute atomic E-state index is 0.188. The second-order valence-electron chi connectivity index (χ2n) is 5.51. The summed E-state index contributed by atoms with van der Waals surface area (Å²) in [5.74, 6) is 0.834. The first-order chi connectivity index (χ1) is 9.76. The van der Waals surface area contributed by atoms with E-state index in [0.29, 0.717) is 22.3 Å². The smallest absolute Gasteiger partial charge is 0.219 e. The van der Waals surface area contributed by atoms with Gasteiger partial charge in [0.2, 0.25) is 5.91 Å². The van der Waals surface area contributed by atoms with Crippen molar-refractivity contribution < 1.29 is 4.79 Å². The Balaban J connectivity index is 2.71. The number of nitrogens with zero attached hydrogens (tertiary/aromatic N) is 2. The summed E-state index contributed by atoms with van der Waals surface area (Å²) < 4.78 is 1.97. The van der Waals surface area contributed by atoms with E-state index in [-0.39, 0.29) is 12.3 Å². The molecule has 1 aromatic carbocycles. The van der Waals surface area contributed by atoms with E-state index in [4.69, 9.17) is 40.5 Å². The zero-order chi connectivity index (χ0) is 15.8. The topological polar surface area (TPSA) is 60.9 Å². The predicted molar refractivity (Wildman–Crippen MR) is 87.3 cm³/mol. The van der Waals surface area contributed by atoms with Crippen LogP contribution in [-0.2, 0) is 16.8 Å². The molecule has 0 aliphatic rings. The van der Waals surface area contributed by atoms with Gasteiger partial charge in [0.05, 0.1) is 21.1 Å². The number of amides is 1. The van der Waals surface area contributed by atoms with E-state index in [1.807, 2.05) is 18.4 Å². The summed E-state index contributed by atoms with van der Waals surface area (Å²) in [7, 11) is 0. The maximum Gasteiger partial charge on any atom is 0.219 e. The number of carbonyl (C=O) groups excluding carboxylic acids is 1. The van der Waals surface area contributed by atoms with Gasteiger partial charge < -0.3 is 10.3 Å². The summed E-state index contributed by atoms with van der Waals surface area (Å²) >= 11 is 18.0. The molecule has 2 N–H and O–H groups in total. The molecule has 2 rings (SSSR count). The van der Waals surface area contributed by atoms with Crippen LogP contribution in [0.4, 0.5) is 0 Å². The Kier molecular flexibility index (Phi) is 4.71. The zero-order valence-electron chi connectivity index (χ0n) is 11.8. The molecular formula is C14H16Cl3N3O.